The molecule has 88 valence electrons. The zero-order chi connectivity index (χ0) is 11.7. The number of aliphatic hydroxyl groups excluding tert-OH is 1. The molecule has 3 heteroatoms. The van der Waals surface area contributed by atoms with Gasteiger partial charge in [-0.3, -0.25) is 0 Å². The highest BCUT2D eigenvalue weighted by Crippen LogP contribution is 2.50. The molecule has 0 saturated carbocycles. The fraction of sp³-hybridized carbons (Fsp3) is 0.286. The van der Waals surface area contributed by atoms with Gasteiger partial charge in [0.1, 0.15) is 0 Å². The number of aliphatic hydroxyl groups is 1. The Kier molecular flexibility index (Phi) is 3.32. The Balaban J connectivity index is 2.00. The molecule has 1 nitrogen and oxygen atoms in total. The van der Waals surface area contributed by atoms with Crippen molar-refractivity contribution >= 4 is 34.3 Å². The monoisotopic (exact) mass is 262 g/mol. The van der Waals surface area contributed by atoms with Gasteiger partial charge in [-0.1, -0.05) is 42.5 Å². The van der Waals surface area contributed by atoms with Crippen LogP contribution >= 0.6 is 23.5 Å². The fourth-order valence-corrected chi connectivity index (χ4v) is 5.40. The van der Waals surface area contributed by atoms with Gasteiger partial charge >= 0.3 is 0 Å². The molecule has 0 aliphatic carbocycles. The van der Waals surface area contributed by atoms with E-state index in [1.54, 1.807) is 0 Å². The van der Waals surface area contributed by atoms with Crippen molar-refractivity contribution in [3.8, 4) is 0 Å². The predicted molar refractivity (Wildman–Crippen MR) is 77.6 cm³/mol. The first-order valence-corrected chi connectivity index (χ1v) is 7.73. The van der Waals surface area contributed by atoms with Gasteiger partial charge in [-0.2, -0.15) is 0 Å². The van der Waals surface area contributed by atoms with E-state index in [-0.39, 0.29) is 0 Å². The molecule has 3 rings (SSSR count). The lowest BCUT2D eigenvalue weighted by atomic mass is 10.1. The van der Waals surface area contributed by atoms with Crippen molar-refractivity contribution in [2.75, 3.05) is 12.4 Å². The number of benzene rings is 2. The molecule has 1 heterocycles. The molecular weight excluding hydrogens is 248 g/mol. The van der Waals surface area contributed by atoms with Gasteiger partial charge in [0.25, 0.3) is 0 Å². The van der Waals surface area contributed by atoms with E-state index in [1.165, 1.54) is 16.3 Å². The molecule has 0 bridgehead atoms. The van der Waals surface area contributed by atoms with Crippen LogP contribution in [-0.2, 0) is 0 Å². The van der Waals surface area contributed by atoms with E-state index in [9.17, 15) is 5.11 Å². The summed E-state index contributed by atoms with van der Waals surface area (Å²) in [4.78, 5) is 0. The Morgan fingerprint density at radius 1 is 1.12 bits per heavy atom. The maximum atomic E-state index is 9.21. The van der Waals surface area contributed by atoms with E-state index < -0.39 is 0 Å². The van der Waals surface area contributed by atoms with Crippen LogP contribution in [0.5, 0.6) is 0 Å². The molecular formula is C14H14OS2. The first-order valence-electron chi connectivity index (χ1n) is 5.74. The van der Waals surface area contributed by atoms with Crippen molar-refractivity contribution in [2.24, 2.45) is 0 Å². The van der Waals surface area contributed by atoms with Gasteiger partial charge in [-0.25, -0.2) is 0 Å². The number of thioether (sulfide) groups is 2. The van der Waals surface area contributed by atoms with Gasteiger partial charge in [0.05, 0.1) is 11.2 Å². The van der Waals surface area contributed by atoms with Crippen LogP contribution in [0.1, 0.15) is 10.1 Å². The number of fused-ring (bicyclic) bond motifs is 1. The van der Waals surface area contributed by atoms with E-state index in [0.717, 1.165) is 5.75 Å². The van der Waals surface area contributed by atoms with Gasteiger partial charge in [0.2, 0.25) is 0 Å². The summed E-state index contributed by atoms with van der Waals surface area (Å²) >= 11 is 3.84. The summed E-state index contributed by atoms with van der Waals surface area (Å²) in [5.41, 5.74) is 1.40. The molecule has 0 aromatic heterocycles. The van der Waals surface area contributed by atoms with Gasteiger partial charge in [-0.15, -0.1) is 23.5 Å². The minimum atomic E-state index is 0.291. The Hall–Kier alpha value is -0.640. The van der Waals surface area contributed by atoms with E-state index in [4.69, 9.17) is 0 Å². The molecule has 2 aromatic carbocycles. The lowest BCUT2D eigenvalue weighted by molar-refractivity contribution is 0.301. The lowest BCUT2D eigenvalue weighted by Gasteiger charge is -2.12. The van der Waals surface area contributed by atoms with Crippen molar-refractivity contribution in [2.45, 2.75) is 9.83 Å². The van der Waals surface area contributed by atoms with Crippen LogP contribution in [0.3, 0.4) is 0 Å². The zero-order valence-corrected chi connectivity index (χ0v) is 11.0. The highest BCUT2D eigenvalue weighted by atomic mass is 32.2. The van der Waals surface area contributed by atoms with E-state index >= 15 is 0 Å². The minimum Gasteiger partial charge on any atom is -0.395 e. The summed E-state index contributed by atoms with van der Waals surface area (Å²) in [5.74, 6) is 1.05. The normalized spacial score (nSPS) is 24.3. The van der Waals surface area contributed by atoms with E-state index in [1.807, 2.05) is 23.5 Å². The molecule has 17 heavy (non-hydrogen) atoms. The summed E-state index contributed by atoms with van der Waals surface area (Å²) in [6, 6.07) is 15.0. The second-order valence-electron chi connectivity index (χ2n) is 4.17. The quantitative estimate of drug-likeness (QED) is 0.891. The van der Waals surface area contributed by atoms with Gasteiger partial charge in [-0.05, 0) is 16.3 Å². The van der Waals surface area contributed by atoms with Crippen molar-refractivity contribution in [3.63, 3.8) is 0 Å². The summed E-state index contributed by atoms with van der Waals surface area (Å²) in [6.07, 6.45) is 0. The molecule has 2 aromatic rings. The number of hydrogen-bond donors (Lipinski definition) is 1. The lowest BCUT2D eigenvalue weighted by Crippen LogP contribution is -2.05. The average Bonchev–Trinajstić information content (AvgIpc) is 2.87. The van der Waals surface area contributed by atoms with Crippen molar-refractivity contribution < 1.29 is 5.11 Å². The maximum absolute atomic E-state index is 9.21. The largest absolute Gasteiger partial charge is 0.395 e. The van der Waals surface area contributed by atoms with Crippen LogP contribution in [0.25, 0.3) is 10.8 Å². The first-order chi connectivity index (χ1) is 8.38. The highest BCUT2D eigenvalue weighted by Gasteiger charge is 2.27. The minimum absolute atomic E-state index is 0.291. The Morgan fingerprint density at radius 2 is 1.94 bits per heavy atom. The Labute approximate surface area is 110 Å². The Morgan fingerprint density at radius 3 is 2.76 bits per heavy atom. The maximum Gasteiger partial charge on any atom is 0.0761 e. The number of rotatable bonds is 2. The topological polar surface area (TPSA) is 20.2 Å². The third kappa shape index (κ3) is 2.19. The first kappa shape index (κ1) is 11.5. The second-order valence-corrected chi connectivity index (χ2v) is 7.02. The van der Waals surface area contributed by atoms with Crippen LogP contribution < -0.4 is 0 Å². The number of hydrogen-bond acceptors (Lipinski definition) is 3. The smallest absolute Gasteiger partial charge is 0.0761 e. The molecule has 2 atom stereocenters. The van der Waals surface area contributed by atoms with Crippen LogP contribution in [0.2, 0.25) is 0 Å². The van der Waals surface area contributed by atoms with Gasteiger partial charge in [0.15, 0.2) is 0 Å². The third-order valence-electron chi connectivity index (χ3n) is 3.03. The zero-order valence-electron chi connectivity index (χ0n) is 9.37. The van der Waals surface area contributed by atoms with E-state index in [2.05, 4.69) is 42.5 Å². The summed E-state index contributed by atoms with van der Waals surface area (Å²) in [5, 5.41) is 12.3. The Bertz CT molecular complexity index is 521. The summed E-state index contributed by atoms with van der Waals surface area (Å²) < 4.78 is 0.471. The van der Waals surface area contributed by atoms with Crippen LogP contribution in [0.4, 0.5) is 0 Å². The molecule has 0 amide bonds. The molecule has 0 radical (unpaired) electrons. The SMILES string of the molecule is OCC1CSC(c2cccc3ccccc23)S1. The highest BCUT2D eigenvalue weighted by molar-refractivity contribution is 8.19. The fourth-order valence-electron chi connectivity index (χ4n) is 2.16. The van der Waals surface area contributed by atoms with Gasteiger partial charge in [0, 0.05) is 11.0 Å². The standard InChI is InChI=1S/C14H14OS2/c15-8-11-9-16-14(17-11)13-7-3-5-10-4-1-2-6-12(10)13/h1-7,11,14-15H,8-9H2. The predicted octanol–water partition coefficient (Wildman–Crippen LogP) is 3.68. The molecule has 2 unspecified atom stereocenters. The van der Waals surface area contributed by atoms with E-state index in [0.29, 0.717) is 16.4 Å². The summed E-state index contributed by atoms with van der Waals surface area (Å²) in [6.45, 7) is 0.291. The van der Waals surface area contributed by atoms with Crippen molar-refractivity contribution in [3.05, 3.63) is 48.0 Å². The second kappa shape index (κ2) is 4.92. The van der Waals surface area contributed by atoms with Crippen LogP contribution in [-0.4, -0.2) is 22.7 Å². The molecule has 1 saturated heterocycles. The van der Waals surface area contributed by atoms with Crippen molar-refractivity contribution in [1.82, 2.24) is 0 Å². The molecule has 1 fully saturated rings. The summed E-state index contributed by atoms with van der Waals surface area (Å²) in [7, 11) is 0. The van der Waals surface area contributed by atoms with Gasteiger partial charge < -0.3 is 5.11 Å². The molecule has 1 aliphatic heterocycles. The molecule has 0 spiro atoms. The third-order valence-corrected chi connectivity index (χ3v) is 6.34. The molecule has 1 aliphatic rings. The van der Waals surface area contributed by atoms with Crippen LogP contribution in [0.15, 0.2) is 42.5 Å². The van der Waals surface area contributed by atoms with Crippen molar-refractivity contribution in [1.29, 1.82) is 0 Å². The average molecular weight is 262 g/mol. The molecule has 1 N–H and O–H groups in total. The van der Waals surface area contributed by atoms with Crippen LogP contribution in [0, 0.1) is 0 Å².